The van der Waals surface area contributed by atoms with Crippen LogP contribution in [0, 0.1) is 0 Å². The van der Waals surface area contributed by atoms with E-state index in [2.05, 4.69) is 0 Å². The summed E-state index contributed by atoms with van der Waals surface area (Å²) < 4.78 is 15.7. The topological polar surface area (TPSA) is 132 Å². The average molecular weight is 114 g/mol. The third-order valence-corrected chi connectivity index (χ3v) is 0. The first-order valence-electron chi connectivity index (χ1n) is 0.494. The molecule has 0 saturated carbocycles. The van der Waals surface area contributed by atoms with E-state index in [1.54, 1.807) is 0 Å². The fraction of sp³-hybridized carbons (Fsp3) is 0. The van der Waals surface area contributed by atoms with Gasteiger partial charge in [-0.1, -0.05) is 0 Å². The Kier molecular flexibility index (Phi) is 489. The van der Waals surface area contributed by atoms with Gasteiger partial charge in [-0.2, -0.15) is 0 Å². The van der Waals surface area contributed by atoms with Gasteiger partial charge in [0.2, 0.25) is 0 Å². The summed E-state index contributed by atoms with van der Waals surface area (Å²) in [7, 11) is 0. The Morgan fingerprint density at radius 1 is 1.17 bits per heavy atom. The molecular weight excluding hydrogens is 107 g/mol. The minimum atomic E-state index is -1.50. The molecule has 0 aliphatic rings. The normalized spacial score (nSPS) is 1.33. The predicted octanol–water partition coefficient (Wildman–Crippen LogP) is -3.53. The van der Waals surface area contributed by atoms with Crippen molar-refractivity contribution in [2.24, 2.45) is 0 Å². The molecule has 0 spiro atoms. The summed E-state index contributed by atoms with van der Waals surface area (Å²) in [6, 6.07) is 0. The Balaban J connectivity index is -0.00000000667. The van der Waals surface area contributed by atoms with E-state index in [1.807, 2.05) is 0 Å². The second-order valence-corrected chi connectivity index (χ2v) is 0.316. The Morgan fingerprint density at radius 3 is 1.17 bits per heavy atom. The van der Waals surface area contributed by atoms with E-state index < -0.39 is 15.5 Å². The summed E-state index contributed by atoms with van der Waals surface area (Å²) in [4.78, 5) is 0. The fourth-order valence-corrected chi connectivity index (χ4v) is 0. The van der Waals surface area contributed by atoms with Crippen molar-refractivity contribution < 1.29 is 24.4 Å². The van der Waals surface area contributed by atoms with Gasteiger partial charge in [-0.25, -0.2) is 0 Å². The van der Waals surface area contributed by atoms with Crippen LogP contribution in [0.5, 0.6) is 0 Å². The Bertz CT molecular complexity index is 11.4. The van der Waals surface area contributed by atoms with Crippen molar-refractivity contribution in [3.05, 3.63) is 0 Å². The maximum atomic E-state index is 8.57. The van der Waals surface area contributed by atoms with Crippen LogP contribution in [0.4, 0.5) is 0 Å². The standard InChI is InChI=1S/Al.4H2O.O/h;4*1H2;/q+1;;;;;/p-1. The van der Waals surface area contributed by atoms with Crippen LogP contribution in [-0.4, -0.2) is 36.1 Å². The molecule has 6 heavy (non-hydrogen) atoms. The molecule has 6 heteroatoms. The van der Waals surface area contributed by atoms with E-state index in [0.717, 1.165) is 0 Å². The second kappa shape index (κ2) is 78.7. The molecule has 0 aliphatic carbocycles. The summed E-state index contributed by atoms with van der Waals surface area (Å²) in [5.74, 6) is 0. The fourth-order valence-electron chi connectivity index (χ4n) is 0. The van der Waals surface area contributed by atoms with Crippen LogP contribution in [0.15, 0.2) is 0 Å². The summed E-state index contributed by atoms with van der Waals surface area (Å²) in [5.41, 5.74) is 0. The van der Waals surface area contributed by atoms with Crippen molar-refractivity contribution in [1.82, 2.24) is 0 Å². The first kappa shape index (κ1) is 37.3. The zero-order chi connectivity index (χ0) is 2.71. The zero-order valence-electron chi connectivity index (χ0n) is 2.93. The zero-order valence-corrected chi connectivity index (χ0v) is 4.09. The van der Waals surface area contributed by atoms with Gasteiger partial charge in [0.1, 0.15) is 0 Å². The molecule has 0 heterocycles. The van der Waals surface area contributed by atoms with Crippen molar-refractivity contribution >= 4 is 15.5 Å². The van der Waals surface area contributed by atoms with Crippen LogP contribution < -0.4 is 0 Å². The SMILES string of the molecule is O.O.O.[O]=[Al][OH]. The molecule has 0 amide bonds. The van der Waals surface area contributed by atoms with E-state index in [-0.39, 0.29) is 16.4 Å². The van der Waals surface area contributed by atoms with Crippen molar-refractivity contribution in [3.8, 4) is 0 Å². The van der Waals surface area contributed by atoms with Crippen LogP contribution >= 0.6 is 0 Å². The van der Waals surface area contributed by atoms with E-state index >= 15 is 0 Å². The monoisotopic (exact) mass is 114 g/mol. The molecule has 0 atom stereocenters. The Morgan fingerprint density at radius 2 is 1.17 bits per heavy atom. The quantitative estimate of drug-likeness (QED) is 0.327. The van der Waals surface area contributed by atoms with Crippen molar-refractivity contribution in [2.75, 3.05) is 0 Å². The molecule has 0 fully saturated rings. The summed E-state index contributed by atoms with van der Waals surface area (Å²) in [5, 5.41) is 0. The number of rotatable bonds is 0. The first-order chi connectivity index (χ1) is 1.41. The molecule has 40 valence electrons. The molecule has 0 aliphatic heterocycles. The summed E-state index contributed by atoms with van der Waals surface area (Å²) >= 11 is -1.50. The molecule has 0 radical (unpaired) electrons. The van der Waals surface area contributed by atoms with Gasteiger partial charge < -0.3 is 16.4 Å². The van der Waals surface area contributed by atoms with Crippen LogP contribution in [0.2, 0.25) is 0 Å². The summed E-state index contributed by atoms with van der Waals surface area (Å²) in [6.45, 7) is 0. The summed E-state index contributed by atoms with van der Waals surface area (Å²) in [6.07, 6.45) is 0. The van der Waals surface area contributed by atoms with Crippen molar-refractivity contribution in [2.45, 2.75) is 0 Å². The van der Waals surface area contributed by atoms with E-state index in [1.165, 1.54) is 0 Å². The average Bonchev–Trinajstić information content (AvgIpc) is 0.918. The van der Waals surface area contributed by atoms with E-state index in [4.69, 9.17) is 7.96 Å². The van der Waals surface area contributed by atoms with Crippen LogP contribution in [0.3, 0.4) is 0 Å². The van der Waals surface area contributed by atoms with Crippen LogP contribution in [0.25, 0.3) is 0 Å². The van der Waals surface area contributed by atoms with Gasteiger partial charge in [-0.3, -0.25) is 0 Å². The molecule has 0 bridgehead atoms. The van der Waals surface area contributed by atoms with Gasteiger partial charge in [-0.05, 0) is 0 Å². The molecule has 0 unspecified atom stereocenters. The van der Waals surface area contributed by atoms with Gasteiger partial charge in [0, 0.05) is 0 Å². The minimum absolute atomic E-state index is 0. The molecular formula is H7AlO5. The second-order valence-electron chi connectivity index (χ2n) is 0.105. The number of hydrogen-bond acceptors (Lipinski definition) is 1. The van der Waals surface area contributed by atoms with E-state index in [0.29, 0.717) is 0 Å². The van der Waals surface area contributed by atoms with E-state index in [9.17, 15) is 0 Å². The van der Waals surface area contributed by atoms with Gasteiger partial charge >= 0.3 is 23.4 Å². The first-order valence-corrected chi connectivity index (χ1v) is 1.48. The molecule has 5 nitrogen and oxygen atoms in total. The molecule has 0 aromatic rings. The van der Waals surface area contributed by atoms with Gasteiger partial charge in [0.15, 0.2) is 0 Å². The predicted molar refractivity (Wildman–Crippen MR) is 19.5 cm³/mol. The van der Waals surface area contributed by atoms with Crippen LogP contribution in [-0.2, 0) is 3.80 Å². The van der Waals surface area contributed by atoms with Gasteiger partial charge in [-0.15, -0.1) is 0 Å². The number of hydrogen-bond donors (Lipinski definition) is 1. The van der Waals surface area contributed by atoms with Crippen LogP contribution in [0.1, 0.15) is 0 Å². The molecule has 7 N–H and O–H groups in total. The molecule has 0 rings (SSSR count). The Hall–Kier alpha value is 0.0125. The maximum absolute atomic E-state index is 8.57. The van der Waals surface area contributed by atoms with Gasteiger partial charge in [0.05, 0.1) is 0 Å². The third kappa shape index (κ3) is 234000. The molecule has 0 aromatic carbocycles. The molecule has 0 saturated heterocycles. The van der Waals surface area contributed by atoms with Gasteiger partial charge in [0.25, 0.3) is 0 Å². The Labute approximate surface area is 40.8 Å². The van der Waals surface area contributed by atoms with Crippen molar-refractivity contribution in [3.63, 3.8) is 0 Å². The molecule has 0 aromatic heterocycles. The van der Waals surface area contributed by atoms with Crippen molar-refractivity contribution in [1.29, 1.82) is 0 Å². The third-order valence-electron chi connectivity index (χ3n) is 0.